The maximum atomic E-state index is 12.4. The van der Waals surface area contributed by atoms with Crippen molar-refractivity contribution in [2.24, 2.45) is 16.7 Å². The molecule has 1 aliphatic rings. The van der Waals surface area contributed by atoms with Gasteiger partial charge in [-0.25, -0.2) is 0 Å². The molecule has 1 saturated carbocycles. The molecule has 0 bridgehead atoms. The van der Waals surface area contributed by atoms with Crippen LogP contribution in [0.25, 0.3) is 0 Å². The van der Waals surface area contributed by atoms with Crippen LogP contribution in [-0.2, 0) is 9.53 Å². The largest absolute Gasteiger partial charge is 0.462 e. The maximum absolute atomic E-state index is 12.4. The lowest BCUT2D eigenvalue weighted by atomic mass is 9.72. The van der Waals surface area contributed by atoms with Crippen LogP contribution in [0.5, 0.6) is 0 Å². The van der Waals surface area contributed by atoms with Gasteiger partial charge >= 0.3 is 5.97 Å². The van der Waals surface area contributed by atoms with Gasteiger partial charge in [-0.05, 0) is 56.8 Å². The van der Waals surface area contributed by atoms with Crippen molar-refractivity contribution in [3.63, 3.8) is 0 Å². The van der Waals surface area contributed by atoms with E-state index in [0.29, 0.717) is 5.41 Å². The van der Waals surface area contributed by atoms with Crippen molar-refractivity contribution in [2.75, 3.05) is 0 Å². The quantitative estimate of drug-likeness (QED) is 0.551. The number of carbonyl (C=O) groups is 1. The molecule has 2 nitrogen and oxygen atoms in total. The Morgan fingerprint density at radius 1 is 1.00 bits per heavy atom. The zero-order chi connectivity index (χ0) is 17.4. The highest BCUT2D eigenvalue weighted by Gasteiger charge is 2.36. The summed E-state index contributed by atoms with van der Waals surface area (Å²) in [5.41, 5.74) is 0.102. The molecule has 0 amide bonds. The van der Waals surface area contributed by atoms with E-state index in [9.17, 15) is 4.79 Å². The molecule has 0 aromatic carbocycles. The topological polar surface area (TPSA) is 26.3 Å². The summed E-state index contributed by atoms with van der Waals surface area (Å²) in [5, 5.41) is 0. The molecule has 1 aliphatic carbocycles. The Kier molecular flexibility index (Phi) is 9.34. The number of esters is 1. The Bertz CT molecular complexity index is 308. The first kappa shape index (κ1) is 21.5. The minimum absolute atomic E-state index is 0.0288. The monoisotopic (exact) mass is 312 g/mol. The maximum Gasteiger partial charge on any atom is 0.312 e. The Morgan fingerprint density at radius 3 is 1.86 bits per heavy atom. The van der Waals surface area contributed by atoms with Gasteiger partial charge in [-0.3, -0.25) is 4.79 Å². The summed E-state index contributed by atoms with van der Waals surface area (Å²) in [4.78, 5) is 12.4. The third-order valence-corrected chi connectivity index (χ3v) is 5.25. The van der Waals surface area contributed by atoms with Crippen LogP contribution in [0.15, 0.2) is 0 Å². The molecular weight excluding hydrogens is 272 g/mol. The van der Waals surface area contributed by atoms with Gasteiger partial charge in [0.1, 0.15) is 6.10 Å². The fourth-order valence-electron chi connectivity index (χ4n) is 3.32. The third-order valence-electron chi connectivity index (χ3n) is 5.25. The molecular formula is C20H40O2. The molecule has 2 heteroatoms. The number of hydrogen-bond donors (Lipinski definition) is 0. The van der Waals surface area contributed by atoms with Crippen molar-refractivity contribution < 1.29 is 9.53 Å². The number of rotatable bonds is 5. The highest BCUT2D eigenvalue weighted by Crippen LogP contribution is 2.39. The second-order valence-electron chi connectivity index (χ2n) is 7.91. The molecule has 1 unspecified atom stereocenters. The van der Waals surface area contributed by atoms with Crippen molar-refractivity contribution in [1.82, 2.24) is 0 Å². The van der Waals surface area contributed by atoms with Gasteiger partial charge in [0.05, 0.1) is 5.41 Å². The smallest absolute Gasteiger partial charge is 0.312 e. The minimum Gasteiger partial charge on any atom is -0.462 e. The predicted octanol–water partition coefficient (Wildman–Crippen LogP) is 6.38. The summed E-state index contributed by atoms with van der Waals surface area (Å²) in [7, 11) is 0. The Hall–Kier alpha value is -0.530. The average Bonchev–Trinajstić information content (AvgIpc) is 2.49. The van der Waals surface area contributed by atoms with Crippen LogP contribution in [0.1, 0.15) is 100 Å². The molecule has 22 heavy (non-hydrogen) atoms. The molecule has 1 fully saturated rings. The molecule has 1 rings (SSSR count). The third kappa shape index (κ3) is 6.30. The standard InChI is InChI=1S/C18H34O2.C2H6/c1-7-13-18(6,8-2)16(19)20-15-11-9-14(10-12-15)17(3,4)5;1-2/h14-15H,7-13H2,1-6H3;1-2H3. The summed E-state index contributed by atoms with van der Waals surface area (Å²) < 4.78 is 5.82. The minimum atomic E-state index is -0.282. The van der Waals surface area contributed by atoms with E-state index in [0.717, 1.165) is 38.0 Å². The van der Waals surface area contributed by atoms with Gasteiger partial charge in [0.25, 0.3) is 0 Å². The summed E-state index contributed by atoms with van der Waals surface area (Å²) in [6, 6.07) is 0. The van der Waals surface area contributed by atoms with Crippen molar-refractivity contribution in [3.8, 4) is 0 Å². The van der Waals surface area contributed by atoms with Gasteiger partial charge < -0.3 is 4.74 Å². The van der Waals surface area contributed by atoms with Crippen LogP contribution in [0.2, 0.25) is 0 Å². The van der Waals surface area contributed by atoms with Crippen LogP contribution in [0, 0.1) is 16.7 Å². The average molecular weight is 313 g/mol. The molecule has 132 valence electrons. The molecule has 0 aromatic rings. The predicted molar refractivity (Wildman–Crippen MR) is 95.9 cm³/mol. The van der Waals surface area contributed by atoms with Crippen LogP contribution >= 0.6 is 0 Å². The Labute approximate surface area is 139 Å². The summed E-state index contributed by atoms with van der Waals surface area (Å²) >= 11 is 0. The van der Waals surface area contributed by atoms with Gasteiger partial charge in [0, 0.05) is 0 Å². The van der Waals surface area contributed by atoms with E-state index in [1.54, 1.807) is 0 Å². The number of hydrogen-bond acceptors (Lipinski definition) is 2. The summed E-state index contributed by atoms with van der Waals surface area (Å²) in [6.07, 6.45) is 7.46. The molecule has 0 radical (unpaired) electrons. The molecule has 0 aromatic heterocycles. The highest BCUT2D eigenvalue weighted by molar-refractivity contribution is 5.76. The first-order valence-corrected chi connectivity index (χ1v) is 9.44. The van der Waals surface area contributed by atoms with E-state index < -0.39 is 0 Å². The molecule has 1 atom stereocenters. The molecule has 0 N–H and O–H groups in total. The van der Waals surface area contributed by atoms with Crippen molar-refractivity contribution in [3.05, 3.63) is 0 Å². The SMILES string of the molecule is CC.CCCC(C)(CC)C(=O)OC1CCC(C(C)(C)C)CC1. The first-order valence-electron chi connectivity index (χ1n) is 9.44. The van der Waals surface area contributed by atoms with Crippen LogP contribution in [-0.4, -0.2) is 12.1 Å². The zero-order valence-corrected chi connectivity index (χ0v) is 16.4. The van der Waals surface area contributed by atoms with Crippen molar-refractivity contribution in [1.29, 1.82) is 0 Å². The molecule has 0 spiro atoms. The first-order chi connectivity index (χ1) is 10.2. The second kappa shape index (κ2) is 9.57. The molecule has 0 saturated heterocycles. The zero-order valence-electron chi connectivity index (χ0n) is 16.4. The van der Waals surface area contributed by atoms with E-state index in [4.69, 9.17) is 4.74 Å². The Morgan fingerprint density at radius 2 is 1.50 bits per heavy atom. The van der Waals surface area contributed by atoms with Crippen LogP contribution in [0.3, 0.4) is 0 Å². The highest BCUT2D eigenvalue weighted by atomic mass is 16.5. The molecule has 0 aliphatic heterocycles. The van der Waals surface area contributed by atoms with E-state index in [1.807, 2.05) is 13.8 Å². The van der Waals surface area contributed by atoms with Gasteiger partial charge in [0.2, 0.25) is 0 Å². The summed E-state index contributed by atoms with van der Waals surface area (Å²) in [6.45, 7) is 17.2. The van der Waals surface area contributed by atoms with Crippen molar-refractivity contribution in [2.45, 2.75) is 106 Å². The number of ether oxygens (including phenoxy) is 1. The van der Waals surface area contributed by atoms with Gasteiger partial charge in [-0.15, -0.1) is 0 Å². The van der Waals surface area contributed by atoms with Crippen LogP contribution in [0.4, 0.5) is 0 Å². The van der Waals surface area contributed by atoms with E-state index >= 15 is 0 Å². The number of carbonyl (C=O) groups excluding carboxylic acids is 1. The lowest BCUT2D eigenvalue weighted by molar-refractivity contribution is -0.163. The molecule has 0 heterocycles. The van der Waals surface area contributed by atoms with Gasteiger partial charge in [-0.2, -0.15) is 0 Å². The normalized spacial score (nSPS) is 24.7. The fraction of sp³-hybridized carbons (Fsp3) is 0.950. The van der Waals surface area contributed by atoms with E-state index in [2.05, 4.69) is 41.5 Å². The lowest BCUT2D eigenvalue weighted by Gasteiger charge is -2.37. The van der Waals surface area contributed by atoms with Gasteiger partial charge in [0.15, 0.2) is 0 Å². The van der Waals surface area contributed by atoms with Gasteiger partial charge in [-0.1, -0.05) is 54.9 Å². The van der Waals surface area contributed by atoms with Crippen LogP contribution < -0.4 is 0 Å². The van der Waals surface area contributed by atoms with E-state index in [1.165, 1.54) is 12.8 Å². The summed E-state index contributed by atoms with van der Waals surface area (Å²) in [5.74, 6) is 0.798. The lowest BCUT2D eigenvalue weighted by Crippen LogP contribution is -2.35. The van der Waals surface area contributed by atoms with Crippen molar-refractivity contribution >= 4 is 5.97 Å². The fourth-order valence-corrected chi connectivity index (χ4v) is 3.32. The second-order valence-corrected chi connectivity index (χ2v) is 7.91. The van der Waals surface area contributed by atoms with E-state index in [-0.39, 0.29) is 17.5 Å². The Balaban J connectivity index is 0.00000211.